The zero-order valence-electron chi connectivity index (χ0n) is 9.27. The van der Waals surface area contributed by atoms with Crippen LogP contribution in [0.4, 0.5) is 17.1 Å². The maximum Gasteiger partial charge on any atom is 0.190 e. The summed E-state index contributed by atoms with van der Waals surface area (Å²) in [6.45, 7) is 0. The van der Waals surface area contributed by atoms with Crippen LogP contribution in [0, 0.1) is 5.41 Å². The lowest BCUT2D eigenvalue weighted by atomic mass is 10.2. The first kappa shape index (κ1) is 11.0. The average Bonchev–Trinajstić information content (AvgIpc) is 2.32. The molecule has 0 bridgehead atoms. The van der Waals surface area contributed by atoms with Crippen LogP contribution in [0.3, 0.4) is 0 Å². The van der Waals surface area contributed by atoms with Crippen LogP contribution in [-0.4, -0.2) is 5.96 Å². The third-order valence-corrected chi connectivity index (χ3v) is 2.25. The summed E-state index contributed by atoms with van der Waals surface area (Å²) in [6, 6.07) is 17.5. The number of hydrogen-bond donors (Lipinski definition) is 4. The minimum atomic E-state index is -0.0766. The van der Waals surface area contributed by atoms with E-state index in [0.717, 1.165) is 17.1 Å². The number of benzene rings is 2. The molecule has 5 N–H and O–H groups in total. The van der Waals surface area contributed by atoms with Crippen molar-refractivity contribution in [3.63, 3.8) is 0 Å². The standard InChI is InChI=1S/C13H14N4/c14-13(15)17-12-9-5-4-8-11(12)16-10-6-2-1-3-7-10/h1-9,16H,(H4,14,15,17). The summed E-state index contributed by atoms with van der Waals surface area (Å²) >= 11 is 0. The first-order valence-electron chi connectivity index (χ1n) is 5.28. The monoisotopic (exact) mass is 226 g/mol. The van der Waals surface area contributed by atoms with Crippen LogP contribution >= 0.6 is 0 Å². The molecule has 0 spiro atoms. The molecule has 2 aromatic carbocycles. The van der Waals surface area contributed by atoms with E-state index in [2.05, 4.69) is 10.6 Å². The summed E-state index contributed by atoms with van der Waals surface area (Å²) in [5.74, 6) is -0.0766. The second-order valence-electron chi connectivity index (χ2n) is 3.58. The van der Waals surface area contributed by atoms with Gasteiger partial charge in [-0.05, 0) is 24.3 Å². The molecule has 0 heterocycles. The zero-order chi connectivity index (χ0) is 12.1. The van der Waals surface area contributed by atoms with Crippen LogP contribution in [0.25, 0.3) is 0 Å². The number of para-hydroxylation sites is 3. The van der Waals surface area contributed by atoms with Crippen molar-refractivity contribution < 1.29 is 0 Å². The lowest BCUT2D eigenvalue weighted by molar-refractivity contribution is 1.40. The molecule has 2 rings (SSSR count). The van der Waals surface area contributed by atoms with Crippen molar-refractivity contribution >= 4 is 23.0 Å². The minimum absolute atomic E-state index is 0.0766. The Bertz CT molecular complexity index is 508. The summed E-state index contributed by atoms with van der Waals surface area (Å²) in [7, 11) is 0. The smallest absolute Gasteiger partial charge is 0.190 e. The van der Waals surface area contributed by atoms with Crippen LogP contribution in [-0.2, 0) is 0 Å². The fourth-order valence-electron chi connectivity index (χ4n) is 1.52. The molecule has 4 heteroatoms. The van der Waals surface area contributed by atoms with Gasteiger partial charge in [0.15, 0.2) is 5.96 Å². The van der Waals surface area contributed by atoms with Gasteiger partial charge in [0.2, 0.25) is 0 Å². The van der Waals surface area contributed by atoms with Gasteiger partial charge in [-0.15, -0.1) is 0 Å². The highest BCUT2D eigenvalue weighted by molar-refractivity contribution is 5.94. The van der Waals surface area contributed by atoms with Crippen LogP contribution in [0.15, 0.2) is 54.6 Å². The molecule has 0 radical (unpaired) electrons. The van der Waals surface area contributed by atoms with Gasteiger partial charge in [-0.1, -0.05) is 30.3 Å². The lowest BCUT2D eigenvalue weighted by Crippen LogP contribution is -2.20. The highest BCUT2D eigenvalue weighted by Gasteiger charge is 2.01. The molecule has 17 heavy (non-hydrogen) atoms. The lowest BCUT2D eigenvalue weighted by Gasteiger charge is -2.12. The second kappa shape index (κ2) is 5.03. The van der Waals surface area contributed by atoms with Gasteiger partial charge in [0.1, 0.15) is 0 Å². The van der Waals surface area contributed by atoms with Crippen molar-refractivity contribution in [1.82, 2.24) is 0 Å². The highest BCUT2D eigenvalue weighted by atomic mass is 15.1. The first-order chi connectivity index (χ1) is 8.25. The van der Waals surface area contributed by atoms with Crippen LogP contribution in [0.1, 0.15) is 0 Å². The van der Waals surface area contributed by atoms with Crippen molar-refractivity contribution in [2.24, 2.45) is 5.73 Å². The van der Waals surface area contributed by atoms with E-state index in [1.807, 2.05) is 54.6 Å². The minimum Gasteiger partial charge on any atom is -0.370 e. The summed E-state index contributed by atoms with van der Waals surface area (Å²) in [5.41, 5.74) is 7.99. The molecule has 0 aromatic heterocycles. The van der Waals surface area contributed by atoms with E-state index in [0.29, 0.717) is 0 Å². The number of nitrogens with one attached hydrogen (secondary N) is 3. The van der Waals surface area contributed by atoms with Crippen molar-refractivity contribution in [2.75, 3.05) is 10.6 Å². The van der Waals surface area contributed by atoms with Crippen molar-refractivity contribution in [3.05, 3.63) is 54.6 Å². The van der Waals surface area contributed by atoms with E-state index in [1.165, 1.54) is 0 Å². The van der Waals surface area contributed by atoms with Crippen LogP contribution < -0.4 is 16.4 Å². The van der Waals surface area contributed by atoms with Gasteiger partial charge in [0.05, 0.1) is 11.4 Å². The molecule has 2 aromatic rings. The maximum absolute atomic E-state index is 7.25. The molecule has 0 aliphatic carbocycles. The molecule has 0 amide bonds. The van der Waals surface area contributed by atoms with Crippen LogP contribution in [0.2, 0.25) is 0 Å². The third-order valence-electron chi connectivity index (χ3n) is 2.25. The Morgan fingerprint density at radius 1 is 0.882 bits per heavy atom. The number of hydrogen-bond acceptors (Lipinski definition) is 2. The van der Waals surface area contributed by atoms with Gasteiger partial charge < -0.3 is 16.4 Å². The maximum atomic E-state index is 7.25. The number of guanidine groups is 1. The van der Waals surface area contributed by atoms with Gasteiger partial charge in [0.25, 0.3) is 0 Å². The summed E-state index contributed by atoms with van der Waals surface area (Å²) < 4.78 is 0. The van der Waals surface area contributed by atoms with Gasteiger partial charge in [-0.3, -0.25) is 5.41 Å². The van der Waals surface area contributed by atoms with Gasteiger partial charge >= 0.3 is 0 Å². The first-order valence-corrected chi connectivity index (χ1v) is 5.28. The topological polar surface area (TPSA) is 73.9 Å². The number of nitrogens with two attached hydrogens (primary N) is 1. The summed E-state index contributed by atoms with van der Waals surface area (Å²) in [6.07, 6.45) is 0. The predicted molar refractivity (Wildman–Crippen MR) is 71.7 cm³/mol. The Labute approximate surface area is 100.0 Å². The normalized spacial score (nSPS) is 9.65. The SMILES string of the molecule is N=C(N)Nc1ccccc1Nc1ccccc1. The highest BCUT2D eigenvalue weighted by Crippen LogP contribution is 2.24. The number of anilines is 3. The Kier molecular flexibility index (Phi) is 3.25. The largest absolute Gasteiger partial charge is 0.370 e. The molecular weight excluding hydrogens is 212 g/mol. The third kappa shape index (κ3) is 2.98. The molecule has 0 fully saturated rings. The molecule has 0 aliphatic rings. The van der Waals surface area contributed by atoms with E-state index in [1.54, 1.807) is 0 Å². The Morgan fingerprint density at radius 2 is 1.47 bits per heavy atom. The predicted octanol–water partition coefficient (Wildman–Crippen LogP) is 2.74. The second-order valence-corrected chi connectivity index (χ2v) is 3.58. The van der Waals surface area contributed by atoms with Gasteiger partial charge in [0, 0.05) is 5.69 Å². The fourth-order valence-corrected chi connectivity index (χ4v) is 1.52. The summed E-state index contributed by atoms with van der Waals surface area (Å²) in [5, 5.41) is 13.3. The van der Waals surface area contributed by atoms with Crippen LogP contribution in [0.5, 0.6) is 0 Å². The van der Waals surface area contributed by atoms with Crippen molar-refractivity contribution in [1.29, 1.82) is 5.41 Å². The van der Waals surface area contributed by atoms with E-state index in [-0.39, 0.29) is 5.96 Å². The Hall–Kier alpha value is -2.49. The molecule has 4 nitrogen and oxygen atoms in total. The van der Waals surface area contributed by atoms with Gasteiger partial charge in [-0.2, -0.15) is 0 Å². The molecular formula is C13H14N4. The van der Waals surface area contributed by atoms with E-state index < -0.39 is 0 Å². The quantitative estimate of drug-likeness (QED) is 0.480. The van der Waals surface area contributed by atoms with E-state index >= 15 is 0 Å². The Balaban J connectivity index is 2.23. The molecule has 0 saturated heterocycles. The number of rotatable bonds is 3. The molecule has 0 atom stereocenters. The molecule has 0 aliphatic heterocycles. The Morgan fingerprint density at radius 3 is 2.12 bits per heavy atom. The fraction of sp³-hybridized carbons (Fsp3) is 0. The van der Waals surface area contributed by atoms with E-state index in [4.69, 9.17) is 11.1 Å². The molecule has 0 saturated carbocycles. The van der Waals surface area contributed by atoms with Crippen molar-refractivity contribution in [3.8, 4) is 0 Å². The zero-order valence-corrected chi connectivity index (χ0v) is 9.27. The average molecular weight is 226 g/mol. The molecule has 86 valence electrons. The van der Waals surface area contributed by atoms with Crippen molar-refractivity contribution in [2.45, 2.75) is 0 Å². The summed E-state index contributed by atoms with van der Waals surface area (Å²) in [4.78, 5) is 0. The van der Waals surface area contributed by atoms with E-state index in [9.17, 15) is 0 Å². The van der Waals surface area contributed by atoms with Gasteiger partial charge in [-0.25, -0.2) is 0 Å². The molecule has 0 unspecified atom stereocenters.